The molecule has 1 fully saturated rings. The summed E-state index contributed by atoms with van der Waals surface area (Å²) in [4.78, 5) is 11.9. The fourth-order valence-electron chi connectivity index (χ4n) is 2.14. The lowest BCUT2D eigenvalue weighted by molar-refractivity contribution is -0.126. The molecule has 1 aromatic carbocycles. The van der Waals surface area contributed by atoms with Crippen LogP contribution in [0.25, 0.3) is 0 Å². The average Bonchev–Trinajstić information content (AvgIpc) is 2.79. The van der Waals surface area contributed by atoms with Gasteiger partial charge in [0.25, 0.3) is 5.91 Å². The summed E-state index contributed by atoms with van der Waals surface area (Å²) < 4.78 is 5.53. The van der Waals surface area contributed by atoms with E-state index in [1.54, 1.807) is 0 Å². The van der Waals surface area contributed by atoms with Gasteiger partial charge in [0.05, 0.1) is 6.10 Å². The zero-order valence-corrected chi connectivity index (χ0v) is 10.7. The highest BCUT2D eigenvalue weighted by atomic mass is 16.5. The van der Waals surface area contributed by atoms with Crippen LogP contribution < -0.4 is 11.1 Å². The molecule has 2 rings (SSSR count). The lowest BCUT2D eigenvalue weighted by Gasteiger charge is -2.12. The Hall–Kier alpha value is -1.39. The number of hydrogen-bond donors (Lipinski definition) is 2. The molecule has 1 heterocycles. The maximum atomic E-state index is 11.9. The number of amides is 1. The molecular weight excluding hydrogens is 228 g/mol. The van der Waals surface area contributed by atoms with Crippen molar-refractivity contribution in [3.05, 3.63) is 29.8 Å². The van der Waals surface area contributed by atoms with Gasteiger partial charge in [0, 0.05) is 5.69 Å². The van der Waals surface area contributed by atoms with Crippen LogP contribution in [0.15, 0.2) is 24.3 Å². The SMILES string of the molecule is CC1CCC(C(=O)Nc2ccc(CCN)cc2)O1. The van der Waals surface area contributed by atoms with Crippen LogP contribution in [0.3, 0.4) is 0 Å². The monoisotopic (exact) mass is 248 g/mol. The summed E-state index contributed by atoms with van der Waals surface area (Å²) in [6.45, 7) is 2.63. The third kappa shape index (κ3) is 3.31. The van der Waals surface area contributed by atoms with E-state index in [2.05, 4.69) is 5.32 Å². The molecule has 0 bridgehead atoms. The van der Waals surface area contributed by atoms with E-state index < -0.39 is 0 Å². The zero-order valence-electron chi connectivity index (χ0n) is 10.7. The molecule has 0 radical (unpaired) electrons. The molecule has 3 N–H and O–H groups in total. The number of ether oxygens (including phenoxy) is 1. The molecular formula is C14H20N2O2. The van der Waals surface area contributed by atoms with E-state index in [1.165, 1.54) is 5.56 Å². The lowest BCUT2D eigenvalue weighted by Crippen LogP contribution is -2.27. The van der Waals surface area contributed by atoms with E-state index in [9.17, 15) is 4.79 Å². The van der Waals surface area contributed by atoms with Gasteiger partial charge in [0.15, 0.2) is 0 Å². The second kappa shape index (κ2) is 5.98. The molecule has 18 heavy (non-hydrogen) atoms. The Bertz CT molecular complexity index is 403. The number of nitrogens with two attached hydrogens (primary N) is 1. The van der Waals surface area contributed by atoms with Crippen molar-refractivity contribution in [2.24, 2.45) is 5.73 Å². The minimum atomic E-state index is -0.302. The molecule has 4 heteroatoms. The topological polar surface area (TPSA) is 64.4 Å². The second-order valence-corrected chi connectivity index (χ2v) is 4.74. The number of nitrogens with one attached hydrogen (secondary N) is 1. The highest BCUT2D eigenvalue weighted by Crippen LogP contribution is 2.20. The molecule has 0 aliphatic carbocycles. The first-order valence-corrected chi connectivity index (χ1v) is 6.44. The van der Waals surface area contributed by atoms with E-state index in [0.29, 0.717) is 6.54 Å². The summed E-state index contributed by atoms with van der Waals surface area (Å²) in [5.74, 6) is -0.0501. The number of carbonyl (C=O) groups excluding carboxylic acids is 1. The summed E-state index contributed by atoms with van der Waals surface area (Å²) in [7, 11) is 0. The van der Waals surface area contributed by atoms with Crippen molar-refractivity contribution in [1.29, 1.82) is 0 Å². The largest absolute Gasteiger partial charge is 0.365 e. The fraction of sp³-hybridized carbons (Fsp3) is 0.500. The Balaban J connectivity index is 1.90. The van der Waals surface area contributed by atoms with E-state index in [0.717, 1.165) is 24.9 Å². The van der Waals surface area contributed by atoms with Gasteiger partial charge in [0.2, 0.25) is 0 Å². The Kier molecular flexibility index (Phi) is 4.33. The molecule has 1 aromatic rings. The molecule has 1 saturated heterocycles. The molecule has 0 spiro atoms. The van der Waals surface area contributed by atoms with Gasteiger partial charge < -0.3 is 15.8 Å². The van der Waals surface area contributed by atoms with Crippen molar-refractivity contribution in [2.75, 3.05) is 11.9 Å². The average molecular weight is 248 g/mol. The molecule has 0 saturated carbocycles. The Labute approximate surface area is 108 Å². The number of rotatable bonds is 4. The molecule has 0 aromatic heterocycles. The number of anilines is 1. The lowest BCUT2D eigenvalue weighted by atomic mass is 10.1. The smallest absolute Gasteiger partial charge is 0.253 e. The van der Waals surface area contributed by atoms with Gasteiger partial charge >= 0.3 is 0 Å². The van der Waals surface area contributed by atoms with E-state index in [1.807, 2.05) is 31.2 Å². The van der Waals surface area contributed by atoms with Crippen LogP contribution >= 0.6 is 0 Å². The van der Waals surface area contributed by atoms with Gasteiger partial charge in [-0.2, -0.15) is 0 Å². The third-order valence-electron chi connectivity index (χ3n) is 3.18. The summed E-state index contributed by atoms with van der Waals surface area (Å²) >= 11 is 0. The van der Waals surface area contributed by atoms with Gasteiger partial charge in [-0.25, -0.2) is 0 Å². The van der Waals surface area contributed by atoms with Crippen molar-refractivity contribution in [2.45, 2.75) is 38.4 Å². The first-order valence-electron chi connectivity index (χ1n) is 6.44. The van der Waals surface area contributed by atoms with Gasteiger partial charge in [-0.15, -0.1) is 0 Å². The highest BCUT2D eigenvalue weighted by molar-refractivity contribution is 5.94. The van der Waals surface area contributed by atoms with Crippen molar-refractivity contribution in [3.63, 3.8) is 0 Å². The maximum absolute atomic E-state index is 11.9. The minimum absolute atomic E-state index is 0.0501. The molecule has 4 nitrogen and oxygen atoms in total. The van der Waals surface area contributed by atoms with Gasteiger partial charge in [-0.05, 0) is 50.4 Å². The number of benzene rings is 1. The summed E-state index contributed by atoms with van der Waals surface area (Å²) in [5, 5.41) is 2.88. The highest BCUT2D eigenvalue weighted by Gasteiger charge is 2.27. The number of hydrogen-bond acceptors (Lipinski definition) is 3. The van der Waals surface area contributed by atoms with Crippen LogP contribution in [-0.2, 0) is 16.0 Å². The third-order valence-corrected chi connectivity index (χ3v) is 3.18. The predicted molar refractivity (Wildman–Crippen MR) is 71.4 cm³/mol. The zero-order chi connectivity index (χ0) is 13.0. The van der Waals surface area contributed by atoms with Crippen molar-refractivity contribution >= 4 is 11.6 Å². The first kappa shape index (κ1) is 13.1. The van der Waals surface area contributed by atoms with Crippen LogP contribution in [0.2, 0.25) is 0 Å². The second-order valence-electron chi connectivity index (χ2n) is 4.74. The van der Waals surface area contributed by atoms with E-state index in [-0.39, 0.29) is 18.1 Å². The Morgan fingerprint density at radius 2 is 2.11 bits per heavy atom. The van der Waals surface area contributed by atoms with Crippen LogP contribution in [0.1, 0.15) is 25.3 Å². The molecule has 1 amide bonds. The standard InChI is InChI=1S/C14H20N2O2/c1-10-2-7-13(18-10)14(17)16-12-5-3-11(4-6-12)8-9-15/h3-6,10,13H,2,7-9,15H2,1H3,(H,16,17). The van der Waals surface area contributed by atoms with Gasteiger partial charge in [0.1, 0.15) is 6.10 Å². The van der Waals surface area contributed by atoms with E-state index >= 15 is 0 Å². The van der Waals surface area contributed by atoms with Crippen molar-refractivity contribution in [1.82, 2.24) is 0 Å². The van der Waals surface area contributed by atoms with Crippen molar-refractivity contribution < 1.29 is 9.53 Å². The molecule has 98 valence electrons. The number of carbonyl (C=O) groups is 1. The molecule has 2 atom stereocenters. The van der Waals surface area contributed by atoms with Gasteiger partial charge in [-0.1, -0.05) is 12.1 Å². The fourth-order valence-corrected chi connectivity index (χ4v) is 2.14. The van der Waals surface area contributed by atoms with Crippen LogP contribution in [0, 0.1) is 0 Å². The molecule has 2 unspecified atom stereocenters. The van der Waals surface area contributed by atoms with Crippen LogP contribution in [-0.4, -0.2) is 24.7 Å². The van der Waals surface area contributed by atoms with Crippen molar-refractivity contribution in [3.8, 4) is 0 Å². The Morgan fingerprint density at radius 1 is 1.39 bits per heavy atom. The van der Waals surface area contributed by atoms with Gasteiger partial charge in [-0.3, -0.25) is 4.79 Å². The minimum Gasteiger partial charge on any atom is -0.365 e. The summed E-state index contributed by atoms with van der Waals surface area (Å²) in [6, 6.07) is 7.78. The van der Waals surface area contributed by atoms with Crippen LogP contribution in [0.5, 0.6) is 0 Å². The summed E-state index contributed by atoms with van der Waals surface area (Å²) in [6.07, 6.45) is 2.50. The predicted octanol–water partition coefficient (Wildman–Crippen LogP) is 1.69. The van der Waals surface area contributed by atoms with Crippen LogP contribution in [0.4, 0.5) is 5.69 Å². The first-order chi connectivity index (χ1) is 8.69. The quantitative estimate of drug-likeness (QED) is 0.852. The molecule has 1 aliphatic rings. The molecule has 1 aliphatic heterocycles. The summed E-state index contributed by atoms with van der Waals surface area (Å²) in [5.41, 5.74) is 7.48. The normalized spacial score (nSPS) is 23.0. The Morgan fingerprint density at radius 3 is 2.67 bits per heavy atom. The van der Waals surface area contributed by atoms with E-state index in [4.69, 9.17) is 10.5 Å². The maximum Gasteiger partial charge on any atom is 0.253 e.